The zero-order valence-corrected chi connectivity index (χ0v) is 12.2. The molecule has 0 radical (unpaired) electrons. The molecule has 6 heteroatoms. The minimum atomic E-state index is 0.410. The zero-order chi connectivity index (χ0) is 14.5. The van der Waals surface area contributed by atoms with E-state index in [2.05, 4.69) is 39.1 Å². The molecule has 6 nitrogen and oxygen atoms in total. The Morgan fingerprint density at radius 2 is 2.00 bits per heavy atom. The van der Waals surface area contributed by atoms with E-state index < -0.39 is 0 Å². The fraction of sp³-hybridized carbons (Fsp3) is 0.429. The van der Waals surface area contributed by atoms with Crippen LogP contribution in [-0.2, 0) is 6.54 Å². The van der Waals surface area contributed by atoms with E-state index in [0.717, 1.165) is 11.4 Å². The van der Waals surface area contributed by atoms with Crippen molar-refractivity contribution in [2.24, 2.45) is 0 Å². The molecule has 0 spiro atoms. The van der Waals surface area contributed by atoms with Crippen molar-refractivity contribution in [3.05, 3.63) is 29.8 Å². The standard InChI is InChI=1S/C14H19N5O/c1-9(2)15-7-11-5-10(3)18-14(19-11)12-6-13(20-4)17-8-16-12/h5-6,8-9,15H,7H2,1-4H3. The molecule has 0 unspecified atom stereocenters. The fourth-order valence-electron chi connectivity index (χ4n) is 1.72. The van der Waals surface area contributed by atoms with Crippen molar-refractivity contribution in [2.75, 3.05) is 7.11 Å². The van der Waals surface area contributed by atoms with Crippen molar-refractivity contribution in [3.8, 4) is 17.4 Å². The Morgan fingerprint density at radius 1 is 1.20 bits per heavy atom. The van der Waals surface area contributed by atoms with Crippen LogP contribution in [0, 0.1) is 6.92 Å². The molecule has 2 rings (SSSR count). The van der Waals surface area contributed by atoms with Crippen LogP contribution in [0.3, 0.4) is 0 Å². The first-order valence-electron chi connectivity index (χ1n) is 6.53. The number of hydrogen-bond acceptors (Lipinski definition) is 6. The van der Waals surface area contributed by atoms with Gasteiger partial charge in [-0.25, -0.2) is 19.9 Å². The third-order valence-corrected chi connectivity index (χ3v) is 2.68. The third-order valence-electron chi connectivity index (χ3n) is 2.68. The molecule has 0 atom stereocenters. The van der Waals surface area contributed by atoms with E-state index in [-0.39, 0.29) is 0 Å². The molecule has 2 aromatic rings. The molecule has 1 N–H and O–H groups in total. The number of hydrogen-bond donors (Lipinski definition) is 1. The molecule has 0 aliphatic carbocycles. The molecule has 2 heterocycles. The van der Waals surface area contributed by atoms with Gasteiger partial charge >= 0.3 is 0 Å². The summed E-state index contributed by atoms with van der Waals surface area (Å²) in [6, 6.07) is 4.11. The van der Waals surface area contributed by atoms with Crippen LogP contribution in [0.4, 0.5) is 0 Å². The van der Waals surface area contributed by atoms with Gasteiger partial charge in [0.2, 0.25) is 5.88 Å². The summed E-state index contributed by atoms with van der Waals surface area (Å²) < 4.78 is 5.10. The van der Waals surface area contributed by atoms with Gasteiger partial charge < -0.3 is 10.1 Å². The van der Waals surface area contributed by atoms with Gasteiger partial charge in [0.05, 0.1) is 12.8 Å². The molecular formula is C14H19N5O. The average Bonchev–Trinajstić information content (AvgIpc) is 2.44. The van der Waals surface area contributed by atoms with Gasteiger partial charge in [-0.1, -0.05) is 13.8 Å². The fourth-order valence-corrected chi connectivity index (χ4v) is 1.72. The summed E-state index contributed by atoms with van der Waals surface area (Å²) in [7, 11) is 1.57. The lowest BCUT2D eigenvalue weighted by molar-refractivity contribution is 0.397. The van der Waals surface area contributed by atoms with E-state index in [1.807, 2.05) is 13.0 Å². The number of methoxy groups -OCH3 is 1. The van der Waals surface area contributed by atoms with Crippen LogP contribution >= 0.6 is 0 Å². The summed E-state index contributed by atoms with van der Waals surface area (Å²) in [5.41, 5.74) is 2.51. The van der Waals surface area contributed by atoms with Crippen molar-refractivity contribution in [2.45, 2.75) is 33.4 Å². The smallest absolute Gasteiger partial charge is 0.216 e. The SMILES string of the molecule is COc1cc(-c2nc(C)cc(CNC(C)C)n2)ncn1. The topological polar surface area (TPSA) is 72.8 Å². The lowest BCUT2D eigenvalue weighted by Gasteiger charge is -2.09. The van der Waals surface area contributed by atoms with Crippen LogP contribution in [-0.4, -0.2) is 33.1 Å². The maximum Gasteiger partial charge on any atom is 0.216 e. The quantitative estimate of drug-likeness (QED) is 0.894. The maximum atomic E-state index is 5.10. The van der Waals surface area contributed by atoms with Crippen molar-refractivity contribution < 1.29 is 4.74 Å². The van der Waals surface area contributed by atoms with Gasteiger partial charge in [-0.2, -0.15) is 0 Å². The minimum Gasteiger partial charge on any atom is -0.481 e. The van der Waals surface area contributed by atoms with Crippen molar-refractivity contribution in [1.82, 2.24) is 25.3 Å². The van der Waals surface area contributed by atoms with Crippen LogP contribution in [0.25, 0.3) is 11.5 Å². The highest BCUT2D eigenvalue weighted by molar-refractivity contribution is 5.50. The van der Waals surface area contributed by atoms with Crippen molar-refractivity contribution in [3.63, 3.8) is 0 Å². The normalized spacial score (nSPS) is 10.8. The number of ether oxygens (including phenoxy) is 1. The molecule has 106 valence electrons. The lowest BCUT2D eigenvalue weighted by atomic mass is 10.3. The predicted octanol–water partition coefficient (Wildman–Crippen LogP) is 1.75. The average molecular weight is 273 g/mol. The van der Waals surface area contributed by atoms with Gasteiger partial charge in [0, 0.05) is 24.3 Å². The van der Waals surface area contributed by atoms with Gasteiger partial charge in [-0.15, -0.1) is 0 Å². The first-order chi connectivity index (χ1) is 9.58. The second-order valence-corrected chi connectivity index (χ2v) is 4.81. The van der Waals surface area contributed by atoms with Crippen molar-refractivity contribution >= 4 is 0 Å². The number of rotatable bonds is 5. The Labute approximate surface area is 118 Å². The van der Waals surface area contributed by atoms with E-state index in [4.69, 9.17) is 4.74 Å². The molecular weight excluding hydrogens is 254 g/mol. The summed E-state index contributed by atoms with van der Waals surface area (Å²) in [6.45, 7) is 6.85. The molecule has 0 saturated heterocycles. The molecule has 20 heavy (non-hydrogen) atoms. The minimum absolute atomic E-state index is 0.410. The van der Waals surface area contributed by atoms with E-state index in [9.17, 15) is 0 Å². The Kier molecular flexibility index (Phi) is 4.57. The summed E-state index contributed by atoms with van der Waals surface area (Å²) in [5.74, 6) is 1.09. The Balaban J connectivity index is 2.31. The molecule has 0 aliphatic rings. The summed E-state index contributed by atoms with van der Waals surface area (Å²) >= 11 is 0. The number of nitrogens with zero attached hydrogens (tertiary/aromatic N) is 4. The van der Waals surface area contributed by atoms with Crippen LogP contribution in [0.15, 0.2) is 18.5 Å². The Hall–Kier alpha value is -2.08. The van der Waals surface area contributed by atoms with E-state index in [1.165, 1.54) is 6.33 Å². The predicted molar refractivity (Wildman–Crippen MR) is 76.3 cm³/mol. The first-order valence-corrected chi connectivity index (χ1v) is 6.53. The van der Waals surface area contributed by atoms with E-state index >= 15 is 0 Å². The maximum absolute atomic E-state index is 5.10. The molecule has 0 aromatic carbocycles. The number of aryl methyl sites for hydroxylation is 1. The number of aromatic nitrogens is 4. The van der Waals surface area contributed by atoms with Crippen LogP contribution in [0.2, 0.25) is 0 Å². The summed E-state index contributed by atoms with van der Waals surface area (Å²) in [6.07, 6.45) is 1.45. The van der Waals surface area contributed by atoms with E-state index in [1.54, 1.807) is 13.2 Å². The zero-order valence-electron chi connectivity index (χ0n) is 12.2. The first kappa shape index (κ1) is 14.3. The lowest BCUT2D eigenvalue weighted by Crippen LogP contribution is -2.22. The largest absolute Gasteiger partial charge is 0.481 e. The third kappa shape index (κ3) is 3.71. The Bertz CT molecular complexity index is 586. The van der Waals surface area contributed by atoms with Gasteiger partial charge in [0.25, 0.3) is 0 Å². The molecule has 0 saturated carbocycles. The van der Waals surface area contributed by atoms with Crippen LogP contribution in [0.1, 0.15) is 25.2 Å². The van der Waals surface area contributed by atoms with Crippen molar-refractivity contribution in [1.29, 1.82) is 0 Å². The highest BCUT2D eigenvalue weighted by atomic mass is 16.5. The molecule has 0 aliphatic heterocycles. The van der Waals surface area contributed by atoms with E-state index in [0.29, 0.717) is 30.0 Å². The Morgan fingerprint density at radius 3 is 2.70 bits per heavy atom. The van der Waals surface area contributed by atoms with Gasteiger partial charge in [-0.05, 0) is 13.0 Å². The highest BCUT2D eigenvalue weighted by Gasteiger charge is 2.08. The van der Waals surface area contributed by atoms with Gasteiger partial charge in [0.15, 0.2) is 5.82 Å². The highest BCUT2D eigenvalue weighted by Crippen LogP contribution is 2.16. The molecule has 0 fully saturated rings. The van der Waals surface area contributed by atoms with Gasteiger partial charge in [0.1, 0.15) is 12.0 Å². The summed E-state index contributed by atoms with van der Waals surface area (Å²) in [5, 5.41) is 3.34. The summed E-state index contributed by atoms with van der Waals surface area (Å²) in [4.78, 5) is 17.1. The van der Waals surface area contributed by atoms with Crippen LogP contribution in [0.5, 0.6) is 5.88 Å². The second kappa shape index (κ2) is 6.38. The van der Waals surface area contributed by atoms with Crippen LogP contribution < -0.4 is 10.1 Å². The second-order valence-electron chi connectivity index (χ2n) is 4.81. The number of nitrogens with one attached hydrogen (secondary N) is 1. The molecule has 0 amide bonds. The molecule has 0 bridgehead atoms. The molecule has 2 aromatic heterocycles. The monoisotopic (exact) mass is 273 g/mol. The van der Waals surface area contributed by atoms with Gasteiger partial charge in [-0.3, -0.25) is 0 Å².